The van der Waals surface area contributed by atoms with Gasteiger partial charge in [0.1, 0.15) is 12.4 Å². The smallest absolute Gasteiger partial charge is 0.262 e. The van der Waals surface area contributed by atoms with Crippen molar-refractivity contribution in [3.05, 3.63) is 6.33 Å². The number of nitrogen functional groups attached to an aromatic ring is 1. The molecule has 6 heteroatoms. The van der Waals surface area contributed by atoms with Gasteiger partial charge in [0.25, 0.3) is 5.88 Å². The monoisotopic (exact) mass is 294 g/mol. The van der Waals surface area contributed by atoms with Crippen molar-refractivity contribution in [2.24, 2.45) is 23.6 Å². The lowest BCUT2D eigenvalue weighted by Crippen LogP contribution is -2.36. The first-order chi connectivity index (χ1) is 10.1. The fraction of sp³-hybridized carbons (Fsp3) is 0.733. The number of methoxy groups -OCH3 is 1. The summed E-state index contributed by atoms with van der Waals surface area (Å²) < 4.78 is 11.5. The predicted molar refractivity (Wildman–Crippen MR) is 82.2 cm³/mol. The summed E-state index contributed by atoms with van der Waals surface area (Å²) in [4.78, 5) is 8.26. The van der Waals surface area contributed by atoms with Gasteiger partial charge in [0.15, 0.2) is 5.82 Å². The van der Waals surface area contributed by atoms with Crippen molar-refractivity contribution in [3.8, 4) is 11.6 Å². The first-order valence-electron chi connectivity index (χ1n) is 7.59. The van der Waals surface area contributed by atoms with Crippen molar-refractivity contribution in [2.75, 3.05) is 12.5 Å². The van der Waals surface area contributed by atoms with Gasteiger partial charge in [-0.2, -0.15) is 4.98 Å². The summed E-state index contributed by atoms with van der Waals surface area (Å²) in [5.74, 6) is 8.60. The Bertz CT molecular complexity index is 467. The first kappa shape index (κ1) is 15.8. The Morgan fingerprint density at radius 1 is 1.33 bits per heavy atom. The number of anilines is 1. The number of nitrogens with one attached hydrogen (secondary N) is 1. The van der Waals surface area contributed by atoms with Gasteiger partial charge in [-0.3, -0.25) is 0 Å². The Morgan fingerprint density at radius 3 is 2.71 bits per heavy atom. The minimum Gasteiger partial charge on any atom is -0.489 e. The van der Waals surface area contributed by atoms with Crippen LogP contribution in [-0.2, 0) is 0 Å². The van der Waals surface area contributed by atoms with Gasteiger partial charge in [0.2, 0.25) is 5.75 Å². The second-order valence-electron chi connectivity index (χ2n) is 6.19. The summed E-state index contributed by atoms with van der Waals surface area (Å²) in [6.45, 7) is 6.78. The lowest BCUT2D eigenvalue weighted by molar-refractivity contribution is 0.0404. The van der Waals surface area contributed by atoms with Crippen LogP contribution < -0.4 is 20.7 Å². The molecule has 0 aliphatic heterocycles. The van der Waals surface area contributed by atoms with Crippen LogP contribution in [0.4, 0.5) is 5.82 Å². The molecule has 0 saturated heterocycles. The van der Waals surface area contributed by atoms with E-state index in [-0.39, 0.29) is 6.10 Å². The highest BCUT2D eigenvalue weighted by Gasteiger charge is 2.33. The van der Waals surface area contributed by atoms with Crippen LogP contribution in [0.1, 0.15) is 40.0 Å². The maximum atomic E-state index is 6.19. The quantitative estimate of drug-likeness (QED) is 0.641. The molecule has 1 fully saturated rings. The molecule has 21 heavy (non-hydrogen) atoms. The van der Waals surface area contributed by atoms with Gasteiger partial charge < -0.3 is 14.9 Å². The summed E-state index contributed by atoms with van der Waals surface area (Å²) in [5.41, 5.74) is 2.51. The Labute approximate surface area is 126 Å². The molecule has 1 aliphatic rings. The second kappa shape index (κ2) is 6.93. The summed E-state index contributed by atoms with van der Waals surface area (Å²) >= 11 is 0. The summed E-state index contributed by atoms with van der Waals surface area (Å²) in [6.07, 6.45) is 5.09. The summed E-state index contributed by atoms with van der Waals surface area (Å²) in [6, 6.07) is 0. The molecule has 118 valence electrons. The van der Waals surface area contributed by atoms with E-state index in [9.17, 15) is 0 Å². The third kappa shape index (κ3) is 3.56. The van der Waals surface area contributed by atoms with E-state index >= 15 is 0 Å². The zero-order chi connectivity index (χ0) is 15.4. The van der Waals surface area contributed by atoms with Crippen molar-refractivity contribution in [2.45, 2.75) is 46.1 Å². The van der Waals surface area contributed by atoms with Crippen LogP contribution in [0.2, 0.25) is 0 Å². The minimum atomic E-state index is 0.156. The van der Waals surface area contributed by atoms with Crippen molar-refractivity contribution >= 4 is 5.82 Å². The van der Waals surface area contributed by atoms with E-state index in [4.69, 9.17) is 15.3 Å². The topological polar surface area (TPSA) is 82.3 Å². The number of aromatic nitrogens is 2. The molecular weight excluding hydrogens is 268 g/mol. The Kier molecular flexibility index (Phi) is 5.22. The normalized spacial score (nSPS) is 25.7. The van der Waals surface area contributed by atoms with Crippen molar-refractivity contribution in [1.29, 1.82) is 0 Å². The molecule has 6 nitrogen and oxygen atoms in total. The van der Waals surface area contributed by atoms with E-state index in [2.05, 4.69) is 36.2 Å². The standard InChI is InChI=1S/C15H26N4O2/c1-9(2)11-6-5-10(3)7-12(11)21-15-13(20-4)14(19-16)17-8-18-15/h8-12H,5-7,16H2,1-4H3,(H,17,18,19). The van der Waals surface area contributed by atoms with Crippen molar-refractivity contribution in [1.82, 2.24) is 9.97 Å². The molecule has 1 aliphatic carbocycles. The fourth-order valence-electron chi connectivity index (χ4n) is 3.12. The molecule has 0 spiro atoms. The zero-order valence-electron chi connectivity index (χ0n) is 13.3. The fourth-order valence-corrected chi connectivity index (χ4v) is 3.12. The maximum Gasteiger partial charge on any atom is 0.262 e. The average molecular weight is 294 g/mol. The third-order valence-electron chi connectivity index (χ3n) is 4.34. The number of nitrogens with zero attached hydrogens (tertiary/aromatic N) is 2. The second-order valence-corrected chi connectivity index (χ2v) is 6.19. The van der Waals surface area contributed by atoms with E-state index in [0.717, 1.165) is 6.42 Å². The minimum absolute atomic E-state index is 0.156. The molecule has 3 N–H and O–H groups in total. The third-order valence-corrected chi connectivity index (χ3v) is 4.34. The van der Waals surface area contributed by atoms with Crippen LogP contribution in [0.5, 0.6) is 11.6 Å². The molecule has 1 saturated carbocycles. The molecule has 0 bridgehead atoms. The van der Waals surface area contributed by atoms with Gasteiger partial charge in [0, 0.05) is 0 Å². The van der Waals surface area contributed by atoms with Crippen LogP contribution in [0.3, 0.4) is 0 Å². The van der Waals surface area contributed by atoms with Crippen LogP contribution >= 0.6 is 0 Å². The number of rotatable bonds is 5. The highest BCUT2D eigenvalue weighted by atomic mass is 16.5. The molecule has 3 atom stereocenters. The Balaban J connectivity index is 2.22. The lowest BCUT2D eigenvalue weighted by Gasteiger charge is -2.37. The predicted octanol–water partition coefficient (Wildman–Crippen LogP) is 2.61. The molecule has 2 rings (SSSR count). The highest BCUT2D eigenvalue weighted by Crippen LogP contribution is 2.38. The van der Waals surface area contributed by atoms with Crippen LogP contribution in [-0.4, -0.2) is 23.2 Å². The van der Waals surface area contributed by atoms with E-state index in [1.54, 1.807) is 7.11 Å². The highest BCUT2D eigenvalue weighted by molar-refractivity contribution is 5.54. The molecule has 1 heterocycles. The lowest BCUT2D eigenvalue weighted by atomic mass is 9.75. The van der Waals surface area contributed by atoms with Gasteiger partial charge in [0.05, 0.1) is 7.11 Å². The SMILES string of the molecule is COc1c(NN)ncnc1OC1CC(C)CCC1C(C)C. The molecule has 0 amide bonds. The zero-order valence-corrected chi connectivity index (χ0v) is 13.3. The van der Waals surface area contributed by atoms with Gasteiger partial charge in [-0.1, -0.05) is 27.2 Å². The van der Waals surface area contributed by atoms with Gasteiger partial charge >= 0.3 is 0 Å². The van der Waals surface area contributed by atoms with Crippen molar-refractivity contribution in [3.63, 3.8) is 0 Å². The molecular formula is C15H26N4O2. The molecule has 1 aromatic heterocycles. The van der Waals surface area contributed by atoms with E-state index in [0.29, 0.717) is 35.2 Å². The summed E-state index contributed by atoms with van der Waals surface area (Å²) in [7, 11) is 1.57. The Morgan fingerprint density at radius 2 is 2.10 bits per heavy atom. The molecule has 3 unspecified atom stereocenters. The van der Waals surface area contributed by atoms with Crippen LogP contribution in [0.15, 0.2) is 6.33 Å². The van der Waals surface area contributed by atoms with Crippen molar-refractivity contribution < 1.29 is 9.47 Å². The van der Waals surface area contributed by atoms with Crippen LogP contribution in [0, 0.1) is 17.8 Å². The van der Waals surface area contributed by atoms with Crippen LogP contribution in [0.25, 0.3) is 0 Å². The first-order valence-corrected chi connectivity index (χ1v) is 7.59. The average Bonchev–Trinajstić information content (AvgIpc) is 2.46. The Hall–Kier alpha value is -1.56. The van der Waals surface area contributed by atoms with E-state index in [1.165, 1.54) is 19.2 Å². The number of ether oxygens (including phenoxy) is 2. The molecule has 0 aromatic carbocycles. The van der Waals surface area contributed by atoms with E-state index < -0.39 is 0 Å². The van der Waals surface area contributed by atoms with E-state index in [1.807, 2.05) is 0 Å². The number of hydrogen-bond donors (Lipinski definition) is 2. The van der Waals surface area contributed by atoms with Gasteiger partial charge in [-0.25, -0.2) is 10.8 Å². The summed E-state index contributed by atoms with van der Waals surface area (Å²) in [5, 5.41) is 0. The van der Waals surface area contributed by atoms with Gasteiger partial charge in [-0.05, 0) is 30.6 Å². The molecule has 1 aromatic rings. The number of nitrogens with two attached hydrogens (primary N) is 1. The number of hydrazine groups is 1. The largest absolute Gasteiger partial charge is 0.489 e. The van der Waals surface area contributed by atoms with Gasteiger partial charge in [-0.15, -0.1) is 0 Å². The maximum absolute atomic E-state index is 6.19. The number of hydrogen-bond acceptors (Lipinski definition) is 6. The molecule has 0 radical (unpaired) electrons.